The molecule has 0 amide bonds. The maximum atomic E-state index is 9.00. The van der Waals surface area contributed by atoms with Crippen molar-refractivity contribution >= 4 is 0 Å². The van der Waals surface area contributed by atoms with Crippen LogP contribution in [0.3, 0.4) is 0 Å². The first kappa shape index (κ1) is 20.2. The van der Waals surface area contributed by atoms with Gasteiger partial charge in [-0.1, -0.05) is 19.8 Å². The van der Waals surface area contributed by atoms with Crippen LogP contribution in [0, 0.1) is 0 Å². The molecule has 18 heavy (non-hydrogen) atoms. The lowest BCUT2D eigenvalue weighted by Crippen LogP contribution is -2.03. The molecule has 2 atom stereocenters. The first-order valence-electron chi connectivity index (χ1n) is 7.16. The number of aliphatic hydroxyl groups excluding tert-OH is 4. The normalized spacial score (nSPS) is 13.7. The fourth-order valence-corrected chi connectivity index (χ4v) is 1.42. The number of rotatable bonds is 10. The van der Waals surface area contributed by atoms with E-state index in [-0.39, 0.29) is 25.4 Å². The molecule has 0 aromatic heterocycles. The first-order valence-corrected chi connectivity index (χ1v) is 7.16. The summed E-state index contributed by atoms with van der Waals surface area (Å²) in [5, 5.41) is 34.5. The molecule has 112 valence electrons. The van der Waals surface area contributed by atoms with Gasteiger partial charge in [-0.15, -0.1) is 0 Å². The van der Waals surface area contributed by atoms with Gasteiger partial charge in [0.1, 0.15) is 0 Å². The van der Waals surface area contributed by atoms with E-state index >= 15 is 0 Å². The van der Waals surface area contributed by atoms with Crippen molar-refractivity contribution in [3.05, 3.63) is 0 Å². The zero-order chi connectivity index (χ0) is 14.2. The van der Waals surface area contributed by atoms with Crippen molar-refractivity contribution in [2.45, 2.75) is 77.4 Å². The number of hydrogen-bond acceptors (Lipinski definition) is 4. The molecule has 0 aliphatic rings. The zero-order valence-corrected chi connectivity index (χ0v) is 12.0. The highest BCUT2D eigenvalue weighted by Gasteiger charge is 1.97. The van der Waals surface area contributed by atoms with Gasteiger partial charge in [-0.25, -0.2) is 0 Å². The maximum absolute atomic E-state index is 9.00. The molecule has 0 spiro atoms. The number of aliphatic hydroxyl groups is 4. The SMILES string of the molecule is CC(O)CCCCCO.CCC(O)CCCCO. The molecule has 0 radical (unpaired) electrons. The summed E-state index contributed by atoms with van der Waals surface area (Å²) >= 11 is 0. The third-order valence-corrected chi connectivity index (χ3v) is 2.70. The smallest absolute Gasteiger partial charge is 0.0537 e. The lowest BCUT2D eigenvalue weighted by Gasteiger charge is -2.04. The third kappa shape index (κ3) is 21.2. The standard InChI is InChI=1S/2C7H16O2/c1-7(9)5-3-2-4-6-8;1-2-7(9)5-3-4-6-8/h2*7-9H,2-6H2,1H3. The van der Waals surface area contributed by atoms with Crippen LogP contribution in [-0.4, -0.2) is 45.8 Å². The van der Waals surface area contributed by atoms with Gasteiger partial charge in [0.05, 0.1) is 12.2 Å². The van der Waals surface area contributed by atoms with Gasteiger partial charge in [-0.05, 0) is 45.4 Å². The van der Waals surface area contributed by atoms with Crippen LogP contribution in [-0.2, 0) is 0 Å². The first-order chi connectivity index (χ1) is 8.58. The topological polar surface area (TPSA) is 80.9 Å². The van der Waals surface area contributed by atoms with Crippen molar-refractivity contribution in [2.75, 3.05) is 13.2 Å². The van der Waals surface area contributed by atoms with Crippen LogP contribution in [0.5, 0.6) is 0 Å². The Bertz CT molecular complexity index is 140. The van der Waals surface area contributed by atoms with E-state index in [0.717, 1.165) is 51.4 Å². The summed E-state index contributed by atoms with van der Waals surface area (Å²) in [4.78, 5) is 0. The van der Waals surface area contributed by atoms with Gasteiger partial charge in [-0.3, -0.25) is 0 Å². The van der Waals surface area contributed by atoms with Gasteiger partial charge in [0, 0.05) is 13.2 Å². The van der Waals surface area contributed by atoms with Crippen LogP contribution in [0.4, 0.5) is 0 Å². The lowest BCUT2D eigenvalue weighted by atomic mass is 10.1. The second-order valence-electron chi connectivity index (χ2n) is 4.70. The van der Waals surface area contributed by atoms with Gasteiger partial charge < -0.3 is 20.4 Å². The third-order valence-electron chi connectivity index (χ3n) is 2.70. The van der Waals surface area contributed by atoms with E-state index in [1.165, 1.54) is 0 Å². The van der Waals surface area contributed by atoms with Crippen molar-refractivity contribution in [1.82, 2.24) is 0 Å². The summed E-state index contributed by atoms with van der Waals surface area (Å²) in [6.45, 7) is 4.28. The van der Waals surface area contributed by atoms with Crippen LogP contribution in [0.25, 0.3) is 0 Å². The Morgan fingerprint density at radius 1 is 0.778 bits per heavy atom. The average molecular weight is 264 g/mol. The second kappa shape index (κ2) is 16.8. The largest absolute Gasteiger partial charge is 0.396 e. The predicted octanol–water partition coefficient (Wildman–Crippen LogP) is 1.84. The Hall–Kier alpha value is -0.160. The van der Waals surface area contributed by atoms with Crippen molar-refractivity contribution in [2.24, 2.45) is 0 Å². The summed E-state index contributed by atoms with van der Waals surface area (Å²) in [7, 11) is 0. The highest BCUT2D eigenvalue weighted by atomic mass is 16.3. The molecule has 0 heterocycles. The van der Waals surface area contributed by atoms with E-state index in [1.54, 1.807) is 6.92 Å². The Morgan fingerprint density at radius 2 is 1.28 bits per heavy atom. The molecular formula is C14H32O4. The Labute approximate surface area is 112 Å². The molecule has 0 bridgehead atoms. The minimum Gasteiger partial charge on any atom is -0.396 e. The molecular weight excluding hydrogens is 232 g/mol. The van der Waals surface area contributed by atoms with Crippen LogP contribution < -0.4 is 0 Å². The van der Waals surface area contributed by atoms with Crippen LogP contribution in [0.2, 0.25) is 0 Å². The summed E-state index contributed by atoms with van der Waals surface area (Å²) in [6, 6.07) is 0. The van der Waals surface area contributed by atoms with Crippen molar-refractivity contribution in [3.63, 3.8) is 0 Å². The van der Waals surface area contributed by atoms with Crippen LogP contribution >= 0.6 is 0 Å². The number of unbranched alkanes of at least 4 members (excludes halogenated alkanes) is 3. The summed E-state index contributed by atoms with van der Waals surface area (Å²) in [5.41, 5.74) is 0. The van der Waals surface area contributed by atoms with E-state index in [9.17, 15) is 0 Å². The minimum atomic E-state index is -0.177. The van der Waals surface area contributed by atoms with Gasteiger partial charge in [0.15, 0.2) is 0 Å². The van der Waals surface area contributed by atoms with Gasteiger partial charge >= 0.3 is 0 Å². The predicted molar refractivity (Wildman–Crippen MR) is 74.5 cm³/mol. The summed E-state index contributed by atoms with van der Waals surface area (Å²) < 4.78 is 0. The van der Waals surface area contributed by atoms with E-state index in [0.29, 0.717) is 0 Å². The van der Waals surface area contributed by atoms with Crippen LogP contribution in [0.1, 0.15) is 65.2 Å². The molecule has 0 aliphatic heterocycles. The van der Waals surface area contributed by atoms with Crippen molar-refractivity contribution in [1.29, 1.82) is 0 Å². The monoisotopic (exact) mass is 264 g/mol. The molecule has 0 saturated carbocycles. The average Bonchev–Trinajstić information content (AvgIpc) is 2.35. The highest BCUT2D eigenvalue weighted by molar-refractivity contribution is 4.51. The Morgan fingerprint density at radius 3 is 1.72 bits per heavy atom. The maximum Gasteiger partial charge on any atom is 0.0537 e. The van der Waals surface area contributed by atoms with E-state index < -0.39 is 0 Å². The summed E-state index contributed by atoms with van der Waals surface area (Å²) in [5.74, 6) is 0. The van der Waals surface area contributed by atoms with Gasteiger partial charge in [-0.2, -0.15) is 0 Å². The molecule has 4 heteroatoms. The Balaban J connectivity index is 0. The lowest BCUT2D eigenvalue weighted by molar-refractivity contribution is 0.153. The fraction of sp³-hybridized carbons (Fsp3) is 1.00. The molecule has 0 rings (SSSR count). The second-order valence-corrected chi connectivity index (χ2v) is 4.70. The zero-order valence-electron chi connectivity index (χ0n) is 12.0. The summed E-state index contributed by atoms with van der Waals surface area (Å²) in [6.07, 6.45) is 6.86. The quantitative estimate of drug-likeness (QED) is 0.454. The van der Waals surface area contributed by atoms with Crippen molar-refractivity contribution in [3.8, 4) is 0 Å². The molecule has 0 aliphatic carbocycles. The molecule has 2 unspecified atom stereocenters. The molecule has 0 saturated heterocycles. The highest BCUT2D eigenvalue weighted by Crippen LogP contribution is 2.02. The molecule has 0 aromatic carbocycles. The van der Waals surface area contributed by atoms with E-state index in [1.807, 2.05) is 6.92 Å². The van der Waals surface area contributed by atoms with Gasteiger partial charge in [0.25, 0.3) is 0 Å². The van der Waals surface area contributed by atoms with Crippen molar-refractivity contribution < 1.29 is 20.4 Å². The molecule has 0 aromatic rings. The molecule has 4 N–H and O–H groups in total. The van der Waals surface area contributed by atoms with E-state index in [4.69, 9.17) is 20.4 Å². The van der Waals surface area contributed by atoms with Gasteiger partial charge in [0.2, 0.25) is 0 Å². The molecule has 4 nitrogen and oxygen atoms in total. The Kier molecular flexibility index (Phi) is 18.9. The van der Waals surface area contributed by atoms with Crippen LogP contribution in [0.15, 0.2) is 0 Å². The van der Waals surface area contributed by atoms with E-state index in [2.05, 4.69) is 0 Å². The fourth-order valence-electron chi connectivity index (χ4n) is 1.42. The number of hydrogen-bond donors (Lipinski definition) is 4. The molecule has 0 fully saturated rings. The minimum absolute atomic E-state index is 0.156.